The minimum absolute atomic E-state index is 0.0571. The molecular formula is C21H19FN4O3. The number of aromatic nitrogens is 2. The van der Waals surface area contributed by atoms with Crippen LogP contribution in [0.3, 0.4) is 0 Å². The number of piperazine rings is 1. The average molecular weight is 394 g/mol. The second-order valence-electron chi connectivity index (χ2n) is 6.77. The van der Waals surface area contributed by atoms with Gasteiger partial charge in [0.2, 0.25) is 0 Å². The van der Waals surface area contributed by atoms with E-state index in [9.17, 15) is 19.1 Å². The molecule has 1 saturated heterocycles. The van der Waals surface area contributed by atoms with E-state index in [1.807, 2.05) is 0 Å². The standard InChI is InChI=1S/C21H19FN4O3/c22-15-7-5-14(6-8-15)19-17(13-23-24-19)21(29)26-11-9-25(10-12-26)20(28)16-3-1-2-4-18(16)27/h1-8,13,27H,9-12H2,(H,23,24). The lowest BCUT2D eigenvalue weighted by molar-refractivity contribution is 0.0534. The zero-order valence-corrected chi connectivity index (χ0v) is 15.5. The number of phenolic OH excluding ortho intramolecular Hbond substituents is 1. The smallest absolute Gasteiger partial charge is 0.257 e. The topological polar surface area (TPSA) is 89.5 Å². The van der Waals surface area contributed by atoms with Crippen LogP contribution in [0.15, 0.2) is 54.7 Å². The van der Waals surface area contributed by atoms with Gasteiger partial charge < -0.3 is 14.9 Å². The SMILES string of the molecule is O=C(c1ccccc1O)N1CCN(C(=O)c2cn[nH]c2-c2ccc(F)cc2)CC1. The Morgan fingerprint density at radius 2 is 1.48 bits per heavy atom. The van der Waals surface area contributed by atoms with E-state index in [0.29, 0.717) is 43.0 Å². The Bertz CT molecular complexity index is 1040. The normalized spacial score (nSPS) is 14.1. The van der Waals surface area contributed by atoms with Crippen LogP contribution in [-0.2, 0) is 0 Å². The second-order valence-corrected chi connectivity index (χ2v) is 6.77. The third kappa shape index (κ3) is 3.69. The molecule has 4 rings (SSSR count). The molecule has 1 aromatic heterocycles. The van der Waals surface area contributed by atoms with Gasteiger partial charge in [0.05, 0.1) is 23.0 Å². The van der Waals surface area contributed by atoms with Gasteiger partial charge in [0, 0.05) is 31.7 Å². The molecule has 2 heterocycles. The fraction of sp³-hybridized carbons (Fsp3) is 0.190. The number of benzene rings is 2. The van der Waals surface area contributed by atoms with E-state index in [1.54, 1.807) is 40.1 Å². The van der Waals surface area contributed by atoms with Crippen LogP contribution in [0.25, 0.3) is 11.3 Å². The van der Waals surface area contributed by atoms with Crippen molar-refractivity contribution < 1.29 is 19.1 Å². The van der Waals surface area contributed by atoms with Crippen molar-refractivity contribution in [3.63, 3.8) is 0 Å². The fourth-order valence-electron chi connectivity index (χ4n) is 3.39. The van der Waals surface area contributed by atoms with Crippen LogP contribution >= 0.6 is 0 Å². The number of carbonyl (C=O) groups excluding carboxylic acids is 2. The van der Waals surface area contributed by atoms with E-state index < -0.39 is 0 Å². The molecular weight excluding hydrogens is 375 g/mol. The Labute approximate surface area is 166 Å². The summed E-state index contributed by atoms with van der Waals surface area (Å²) in [6.45, 7) is 1.46. The van der Waals surface area contributed by atoms with Gasteiger partial charge in [-0.1, -0.05) is 12.1 Å². The van der Waals surface area contributed by atoms with Crippen LogP contribution < -0.4 is 0 Å². The molecule has 3 aromatic rings. The number of nitrogens with one attached hydrogen (secondary N) is 1. The Morgan fingerprint density at radius 1 is 0.897 bits per heavy atom. The highest BCUT2D eigenvalue weighted by atomic mass is 19.1. The number of carbonyl (C=O) groups is 2. The van der Waals surface area contributed by atoms with Gasteiger partial charge in [-0.05, 0) is 36.4 Å². The predicted molar refractivity (Wildman–Crippen MR) is 104 cm³/mol. The zero-order chi connectivity index (χ0) is 20.4. The minimum Gasteiger partial charge on any atom is -0.507 e. The van der Waals surface area contributed by atoms with E-state index in [1.165, 1.54) is 24.4 Å². The Kier molecular flexibility index (Phi) is 4.99. The molecule has 7 nitrogen and oxygen atoms in total. The minimum atomic E-state index is -0.355. The molecule has 0 saturated carbocycles. The van der Waals surface area contributed by atoms with Crippen molar-refractivity contribution in [2.75, 3.05) is 26.2 Å². The summed E-state index contributed by atoms with van der Waals surface area (Å²) in [5.74, 6) is -0.872. The number of rotatable bonds is 3. The summed E-state index contributed by atoms with van der Waals surface area (Å²) in [5.41, 5.74) is 1.85. The molecule has 1 fully saturated rings. The highest BCUT2D eigenvalue weighted by molar-refractivity contribution is 6.00. The highest BCUT2D eigenvalue weighted by Crippen LogP contribution is 2.24. The van der Waals surface area contributed by atoms with Crippen molar-refractivity contribution in [3.05, 3.63) is 71.7 Å². The molecule has 2 amide bonds. The van der Waals surface area contributed by atoms with Gasteiger partial charge in [0.15, 0.2) is 0 Å². The van der Waals surface area contributed by atoms with Crippen LogP contribution in [-0.4, -0.2) is 63.1 Å². The number of H-pyrrole nitrogens is 1. The van der Waals surface area contributed by atoms with E-state index in [4.69, 9.17) is 0 Å². The molecule has 148 valence electrons. The fourth-order valence-corrected chi connectivity index (χ4v) is 3.39. The first kappa shape index (κ1) is 18.7. The molecule has 8 heteroatoms. The molecule has 0 spiro atoms. The third-order valence-corrected chi connectivity index (χ3v) is 4.99. The third-order valence-electron chi connectivity index (χ3n) is 4.99. The monoisotopic (exact) mass is 394 g/mol. The molecule has 0 bridgehead atoms. The summed E-state index contributed by atoms with van der Waals surface area (Å²) < 4.78 is 13.2. The Balaban J connectivity index is 1.45. The van der Waals surface area contributed by atoms with Gasteiger partial charge in [-0.2, -0.15) is 5.10 Å². The Hall–Kier alpha value is -3.68. The molecule has 2 N–H and O–H groups in total. The molecule has 29 heavy (non-hydrogen) atoms. The number of para-hydroxylation sites is 1. The lowest BCUT2D eigenvalue weighted by Gasteiger charge is -2.34. The number of aromatic hydroxyl groups is 1. The van der Waals surface area contributed by atoms with Crippen molar-refractivity contribution in [1.29, 1.82) is 0 Å². The lowest BCUT2D eigenvalue weighted by Crippen LogP contribution is -2.50. The van der Waals surface area contributed by atoms with Gasteiger partial charge >= 0.3 is 0 Å². The number of hydrogen-bond acceptors (Lipinski definition) is 4. The van der Waals surface area contributed by atoms with Crippen LogP contribution in [0, 0.1) is 5.82 Å². The van der Waals surface area contributed by atoms with Crippen molar-refractivity contribution in [1.82, 2.24) is 20.0 Å². The zero-order valence-electron chi connectivity index (χ0n) is 15.5. The maximum absolute atomic E-state index is 13.2. The summed E-state index contributed by atoms with van der Waals surface area (Å²) in [6, 6.07) is 12.2. The van der Waals surface area contributed by atoms with Crippen LogP contribution in [0.4, 0.5) is 4.39 Å². The molecule has 0 atom stereocenters. The van der Waals surface area contributed by atoms with E-state index >= 15 is 0 Å². The van der Waals surface area contributed by atoms with Gasteiger partial charge in [0.25, 0.3) is 11.8 Å². The average Bonchev–Trinajstić information content (AvgIpc) is 3.23. The van der Waals surface area contributed by atoms with Gasteiger partial charge in [-0.3, -0.25) is 14.7 Å². The Morgan fingerprint density at radius 3 is 2.10 bits per heavy atom. The summed E-state index contributed by atoms with van der Waals surface area (Å²) in [4.78, 5) is 28.9. The molecule has 1 aliphatic rings. The maximum Gasteiger partial charge on any atom is 0.257 e. The van der Waals surface area contributed by atoms with Crippen molar-refractivity contribution in [3.8, 4) is 17.0 Å². The van der Waals surface area contributed by atoms with E-state index in [-0.39, 0.29) is 28.9 Å². The van der Waals surface area contributed by atoms with Crippen LogP contribution in [0.2, 0.25) is 0 Å². The van der Waals surface area contributed by atoms with Crippen molar-refractivity contribution in [2.24, 2.45) is 0 Å². The number of aromatic amines is 1. The largest absolute Gasteiger partial charge is 0.507 e. The lowest BCUT2D eigenvalue weighted by atomic mass is 10.1. The number of halogens is 1. The van der Waals surface area contributed by atoms with Crippen LogP contribution in [0.5, 0.6) is 5.75 Å². The predicted octanol–water partition coefficient (Wildman–Crippen LogP) is 2.52. The summed E-state index contributed by atoms with van der Waals surface area (Å²) in [6.07, 6.45) is 1.46. The number of nitrogens with zero attached hydrogens (tertiary/aromatic N) is 3. The van der Waals surface area contributed by atoms with Crippen molar-refractivity contribution in [2.45, 2.75) is 0 Å². The molecule has 0 aliphatic carbocycles. The highest BCUT2D eigenvalue weighted by Gasteiger charge is 2.28. The molecule has 0 radical (unpaired) electrons. The van der Waals surface area contributed by atoms with Gasteiger partial charge in [0.1, 0.15) is 11.6 Å². The summed E-state index contributed by atoms with van der Waals surface area (Å²) >= 11 is 0. The van der Waals surface area contributed by atoms with E-state index in [2.05, 4.69) is 10.2 Å². The van der Waals surface area contributed by atoms with E-state index in [0.717, 1.165) is 0 Å². The molecule has 2 aromatic carbocycles. The van der Waals surface area contributed by atoms with Crippen LogP contribution in [0.1, 0.15) is 20.7 Å². The van der Waals surface area contributed by atoms with Gasteiger partial charge in [-0.25, -0.2) is 4.39 Å². The second kappa shape index (κ2) is 7.75. The quantitative estimate of drug-likeness (QED) is 0.714. The molecule has 0 unspecified atom stereocenters. The number of hydrogen-bond donors (Lipinski definition) is 2. The number of phenols is 1. The van der Waals surface area contributed by atoms with Gasteiger partial charge in [-0.15, -0.1) is 0 Å². The first-order chi connectivity index (χ1) is 14.0. The number of amides is 2. The maximum atomic E-state index is 13.2. The van der Waals surface area contributed by atoms with Crippen molar-refractivity contribution >= 4 is 11.8 Å². The first-order valence-corrected chi connectivity index (χ1v) is 9.20. The molecule has 1 aliphatic heterocycles. The summed E-state index contributed by atoms with van der Waals surface area (Å²) in [5, 5.41) is 16.7. The first-order valence-electron chi connectivity index (χ1n) is 9.20. The summed E-state index contributed by atoms with van der Waals surface area (Å²) in [7, 11) is 0.